The number of carbonyl (C=O) groups is 4. The molecule has 0 fully saturated rings. The molecule has 276 valence electrons. The Balaban J connectivity index is 2.15. The molecule has 0 heterocycles. The molecule has 0 saturated carbocycles. The van der Waals surface area contributed by atoms with Gasteiger partial charge in [0.25, 0.3) is 0 Å². The number of hydrogen-bond acceptors (Lipinski definition) is 6. The summed E-state index contributed by atoms with van der Waals surface area (Å²) < 4.78 is 11.4. The Labute approximate surface area is 304 Å². The van der Waals surface area contributed by atoms with Gasteiger partial charge in [0.2, 0.25) is 11.8 Å². The van der Waals surface area contributed by atoms with E-state index in [1.54, 1.807) is 46.4 Å². The van der Waals surface area contributed by atoms with Crippen molar-refractivity contribution in [3.8, 4) is 0 Å². The highest BCUT2D eigenvalue weighted by atomic mass is 16.6. The third-order valence-corrected chi connectivity index (χ3v) is 8.35. The normalized spacial score (nSPS) is 13.4. The average molecular weight is 700 g/mol. The van der Waals surface area contributed by atoms with Gasteiger partial charge < -0.3 is 25.0 Å². The molecule has 0 aliphatic rings. The molecule has 3 aromatic rings. The fraction of sp³-hybridized carbons (Fsp3) is 0.476. The molecule has 0 aliphatic carbocycles. The van der Waals surface area contributed by atoms with Crippen molar-refractivity contribution in [3.05, 3.63) is 107 Å². The molecule has 0 bridgehead atoms. The standard InChI is InChI=1S/C42H57N3O6/c1-10-11-18-26-45(38(47)34(27-31-21-14-12-15-22-31)44-40(49)51-42(7,8)9)36(33-25-19-20-29(2)30(33)3)37(46)43-35(39(48)50-41(4,5)6)28-32-23-16-13-17-24-32/h12-17,19-25,34-36H,10-11,18,26-28H2,1-9H3,(H,43,46)(H,44,49). The highest BCUT2D eigenvalue weighted by Crippen LogP contribution is 2.29. The van der Waals surface area contributed by atoms with Gasteiger partial charge in [-0.3, -0.25) is 9.59 Å². The Bertz CT molecular complexity index is 1590. The second-order valence-corrected chi connectivity index (χ2v) is 15.1. The molecule has 0 aromatic heterocycles. The number of ether oxygens (including phenoxy) is 2. The second-order valence-electron chi connectivity index (χ2n) is 15.1. The summed E-state index contributed by atoms with van der Waals surface area (Å²) in [6, 6.07) is 21.3. The predicted octanol–water partition coefficient (Wildman–Crippen LogP) is 7.57. The van der Waals surface area contributed by atoms with Gasteiger partial charge in [0.1, 0.15) is 29.3 Å². The molecule has 0 aliphatic heterocycles. The number of amides is 3. The molecule has 2 N–H and O–H groups in total. The second kappa shape index (κ2) is 18.5. The quantitative estimate of drug-likeness (QED) is 0.125. The van der Waals surface area contributed by atoms with Gasteiger partial charge in [-0.05, 0) is 89.6 Å². The molecular formula is C42H57N3O6. The number of esters is 1. The van der Waals surface area contributed by atoms with E-state index in [2.05, 4.69) is 17.6 Å². The maximum absolute atomic E-state index is 14.9. The third-order valence-electron chi connectivity index (χ3n) is 8.35. The Kier molecular flexibility index (Phi) is 14.8. The van der Waals surface area contributed by atoms with Crippen LogP contribution in [-0.4, -0.2) is 58.6 Å². The van der Waals surface area contributed by atoms with E-state index >= 15 is 0 Å². The van der Waals surface area contributed by atoms with Gasteiger partial charge in [0, 0.05) is 19.4 Å². The van der Waals surface area contributed by atoms with Gasteiger partial charge >= 0.3 is 12.1 Å². The van der Waals surface area contributed by atoms with Crippen molar-refractivity contribution in [2.24, 2.45) is 0 Å². The van der Waals surface area contributed by atoms with E-state index in [0.717, 1.165) is 35.1 Å². The fourth-order valence-electron chi connectivity index (χ4n) is 5.79. The zero-order valence-corrected chi connectivity index (χ0v) is 31.9. The highest BCUT2D eigenvalue weighted by Gasteiger charge is 2.39. The van der Waals surface area contributed by atoms with Crippen LogP contribution in [0, 0.1) is 13.8 Å². The Morgan fingerprint density at radius 3 is 1.76 bits per heavy atom. The molecule has 0 saturated heterocycles. The van der Waals surface area contributed by atoms with Gasteiger partial charge in [0.15, 0.2) is 0 Å². The number of aryl methyl sites for hydroxylation is 1. The molecular weight excluding hydrogens is 642 g/mol. The zero-order valence-electron chi connectivity index (χ0n) is 31.9. The molecule has 3 amide bonds. The predicted molar refractivity (Wildman–Crippen MR) is 201 cm³/mol. The molecule has 3 unspecified atom stereocenters. The molecule has 3 aromatic carbocycles. The summed E-state index contributed by atoms with van der Waals surface area (Å²) in [7, 11) is 0. The molecule has 0 radical (unpaired) electrons. The van der Waals surface area contributed by atoms with Crippen LogP contribution in [-0.2, 0) is 36.7 Å². The molecule has 3 atom stereocenters. The smallest absolute Gasteiger partial charge is 0.408 e. The average Bonchev–Trinajstić information content (AvgIpc) is 3.04. The van der Waals surface area contributed by atoms with Crippen molar-refractivity contribution >= 4 is 23.9 Å². The SMILES string of the molecule is CCCCCN(C(=O)C(Cc1ccccc1)NC(=O)OC(C)(C)C)C(C(=O)NC(Cc1ccccc1)C(=O)OC(C)(C)C)c1cccc(C)c1C. The van der Waals surface area contributed by atoms with Gasteiger partial charge in [0.05, 0.1) is 0 Å². The minimum absolute atomic E-state index is 0.179. The lowest BCUT2D eigenvalue weighted by Crippen LogP contribution is -2.55. The topological polar surface area (TPSA) is 114 Å². The van der Waals surface area contributed by atoms with Crippen LogP contribution in [0.1, 0.15) is 102 Å². The summed E-state index contributed by atoms with van der Waals surface area (Å²) in [6.07, 6.45) is 1.99. The first-order valence-electron chi connectivity index (χ1n) is 18.0. The van der Waals surface area contributed by atoms with E-state index in [9.17, 15) is 19.2 Å². The van der Waals surface area contributed by atoms with Crippen molar-refractivity contribution in [2.45, 2.75) is 124 Å². The van der Waals surface area contributed by atoms with Crippen LogP contribution in [0.2, 0.25) is 0 Å². The summed E-state index contributed by atoms with van der Waals surface area (Å²) >= 11 is 0. The minimum atomic E-state index is -1.12. The summed E-state index contributed by atoms with van der Waals surface area (Å²) in [5.41, 5.74) is 2.54. The van der Waals surface area contributed by atoms with Crippen LogP contribution in [0.3, 0.4) is 0 Å². The van der Waals surface area contributed by atoms with E-state index in [0.29, 0.717) is 12.0 Å². The maximum Gasteiger partial charge on any atom is 0.408 e. The van der Waals surface area contributed by atoms with Crippen molar-refractivity contribution < 1.29 is 28.7 Å². The first kappa shape index (κ1) is 40.8. The molecule has 9 heteroatoms. The summed E-state index contributed by atoms with van der Waals surface area (Å²) in [5.74, 6) is -1.52. The van der Waals surface area contributed by atoms with E-state index in [-0.39, 0.29) is 19.4 Å². The summed E-state index contributed by atoms with van der Waals surface area (Å²) in [5, 5.41) is 5.82. The lowest BCUT2D eigenvalue weighted by Gasteiger charge is -2.36. The van der Waals surface area contributed by atoms with Crippen LogP contribution < -0.4 is 10.6 Å². The number of nitrogens with one attached hydrogen (secondary N) is 2. The molecule has 3 rings (SSSR count). The zero-order chi connectivity index (χ0) is 37.8. The first-order chi connectivity index (χ1) is 24.0. The molecule has 9 nitrogen and oxygen atoms in total. The third kappa shape index (κ3) is 13.2. The Hall–Kier alpha value is -4.66. The van der Waals surface area contributed by atoms with Gasteiger partial charge in [-0.15, -0.1) is 0 Å². The molecule has 51 heavy (non-hydrogen) atoms. The van der Waals surface area contributed by atoms with Crippen molar-refractivity contribution in [1.29, 1.82) is 0 Å². The summed E-state index contributed by atoms with van der Waals surface area (Å²) in [6.45, 7) is 16.8. The number of unbranched alkanes of at least 4 members (excludes halogenated alkanes) is 2. The Morgan fingerprint density at radius 1 is 0.686 bits per heavy atom. The number of benzene rings is 3. The number of hydrogen-bond donors (Lipinski definition) is 2. The van der Waals surface area contributed by atoms with E-state index in [1.807, 2.05) is 92.7 Å². The van der Waals surface area contributed by atoms with Crippen LogP contribution in [0.5, 0.6) is 0 Å². The van der Waals surface area contributed by atoms with Crippen LogP contribution in [0.25, 0.3) is 0 Å². The first-order valence-corrected chi connectivity index (χ1v) is 18.0. The van der Waals surface area contributed by atoms with Crippen molar-refractivity contribution in [1.82, 2.24) is 15.5 Å². The van der Waals surface area contributed by atoms with Crippen LogP contribution in [0.4, 0.5) is 4.79 Å². The van der Waals surface area contributed by atoms with E-state index in [1.165, 1.54) is 0 Å². The van der Waals surface area contributed by atoms with Crippen LogP contribution >= 0.6 is 0 Å². The van der Waals surface area contributed by atoms with E-state index in [4.69, 9.17) is 9.47 Å². The lowest BCUT2D eigenvalue weighted by atomic mass is 9.93. The van der Waals surface area contributed by atoms with Crippen LogP contribution in [0.15, 0.2) is 78.9 Å². The summed E-state index contributed by atoms with van der Waals surface area (Å²) in [4.78, 5) is 58.2. The lowest BCUT2D eigenvalue weighted by molar-refractivity contribution is -0.159. The van der Waals surface area contributed by atoms with Crippen molar-refractivity contribution in [2.75, 3.05) is 6.54 Å². The van der Waals surface area contributed by atoms with E-state index < -0.39 is 53.2 Å². The van der Waals surface area contributed by atoms with Gasteiger partial charge in [-0.25, -0.2) is 9.59 Å². The molecule has 0 spiro atoms. The number of nitrogens with zero attached hydrogens (tertiary/aromatic N) is 1. The number of carbonyl (C=O) groups excluding carboxylic acids is 4. The Morgan fingerprint density at radius 2 is 1.24 bits per heavy atom. The largest absolute Gasteiger partial charge is 0.458 e. The van der Waals surface area contributed by atoms with Crippen molar-refractivity contribution in [3.63, 3.8) is 0 Å². The minimum Gasteiger partial charge on any atom is -0.458 e. The number of rotatable bonds is 15. The maximum atomic E-state index is 14.9. The van der Waals surface area contributed by atoms with Gasteiger partial charge in [-0.2, -0.15) is 0 Å². The van der Waals surface area contributed by atoms with Gasteiger partial charge in [-0.1, -0.05) is 98.6 Å². The monoisotopic (exact) mass is 699 g/mol. The fourth-order valence-corrected chi connectivity index (χ4v) is 5.79. The highest BCUT2D eigenvalue weighted by molar-refractivity contribution is 5.94. The number of alkyl carbamates (subject to hydrolysis) is 1.